The summed E-state index contributed by atoms with van der Waals surface area (Å²) in [7, 11) is 0. The van der Waals surface area contributed by atoms with E-state index in [9.17, 15) is 4.79 Å². The smallest absolute Gasteiger partial charge is 0.247 e. The highest BCUT2D eigenvalue weighted by Crippen LogP contribution is 2.33. The number of carbonyl (C=O) groups is 1. The lowest BCUT2D eigenvalue weighted by Crippen LogP contribution is -2.00. The van der Waals surface area contributed by atoms with Crippen molar-refractivity contribution in [2.75, 3.05) is 0 Å². The summed E-state index contributed by atoms with van der Waals surface area (Å²) in [4.78, 5) is 21.0. The van der Waals surface area contributed by atoms with Crippen LogP contribution in [-0.4, -0.2) is 15.8 Å². The van der Waals surface area contributed by atoms with Gasteiger partial charge in [0, 0.05) is 16.7 Å². The molecule has 4 aromatic carbocycles. The standard InChI is InChI=1S/C28H20N4O/c33-27(22-16-8-3-9-17-22)23-18-10-11-19-24(23)31-32-28-29-25(20-12-4-1-5-13-20)26(30-28)21-14-6-2-7-15-21/h1-19H,(H,29,30). The minimum Gasteiger partial charge on any atom is -0.320 e. The molecule has 1 heterocycles. The van der Waals surface area contributed by atoms with Crippen LogP contribution in [0, 0.1) is 0 Å². The summed E-state index contributed by atoms with van der Waals surface area (Å²) in [5.41, 5.74) is 5.24. The summed E-state index contributed by atoms with van der Waals surface area (Å²) in [5, 5.41) is 8.73. The molecule has 0 saturated carbocycles. The third-order valence-electron chi connectivity index (χ3n) is 5.24. The van der Waals surface area contributed by atoms with Crippen molar-refractivity contribution in [1.29, 1.82) is 0 Å². The number of nitrogens with one attached hydrogen (secondary N) is 1. The van der Waals surface area contributed by atoms with Crippen LogP contribution in [0.3, 0.4) is 0 Å². The summed E-state index contributed by atoms with van der Waals surface area (Å²) in [6, 6.07) is 36.3. The molecule has 5 nitrogen and oxygen atoms in total. The van der Waals surface area contributed by atoms with Crippen LogP contribution in [0.5, 0.6) is 0 Å². The van der Waals surface area contributed by atoms with Crippen LogP contribution < -0.4 is 0 Å². The van der Waals surface area contributed by atoms with E-state index in [1.807, 2.05) is 91.0 Å². The molecule has 0 atom stereocenters. The van der Waals surface area contributed by atoms with E-state index in [2.05, 4.69) is 15.2 Å². The van der Waals surface area contributed by atoms with Crippen molar-refractivity contribution in [3.05, 3.63) is 126 Å². The fourth-order valence-electron chi connectivity index (χ4n) is 3.63. The number of aromatic amines is 1. The number of hydrogen-bond donors (Lipinski definition) is 1. The van der Waals surface area contributed by atoms with Gasteiger partial charge in [-0.3, -0.25) is 4.79 Å². The Morgan fingerprint density at radius 3 is 1.91 bits per heavy atom. The zero-order valence-electron chi connectivity index (χ0n) is 17.7. The highest BCUT2D eigenvalue weighted by atomic mass is 16.1. The molecule has 0 bridgehead atoms. The lowest BCUT2D eigenvalue weighted by atomic mass is 10.0. The molecule has 0 aliphatic heterocycles. The number of azo groups is 1. The van der Waals surface area contributed by atoms with Gasteiger partial charge in [0.05, 0.1) is 22.6 Å². The van der Waals surface area contributed by atoms with Crippen LogP contribution in [0.2, 0.25) is 0 Å². The van der Waals surface area contributed by atoms with E-state index < -0.39 is 0 Å². The second-order valence-electron chi connectivity index (χ2n) is 7.43. The fourth-order valence-corrected chi connectivity index (χ4v) is 3.63. The van der Waals surface area contributed by atoms with Gasteiger partial charge >= 0.3 is 0 Å². The maximum absolute atomic E-state index is 13.0. The fraction of sp³-hybridized carbons (Fsp3) is 0. The van der Waals surface area contributed by atoms with Gasteiger partial charge in [-0.2, -0.15) is 0 Å². The van der Waals surface area contributed by atoms with Gasteiger partial charge in [-0.05, 0) is 12.1 Å². The number of benzene rings is 4. The minimum absolute atomic E-state index is 0.0976. The normalized spacial score (nSPS) is 11.0. The van der Waals surface area contributed by atoms with Gasteiger partial charge in [0.2, 0.25) is 5.95 Å². The monoisotopic (exact) mass is 428 g/mol. The number of ketones is 1. The van der Waals surface area contributed by atoms with Gasteiger partial charge < -0.3 is 4.98 Å². The highest BCUT2D eigenvalue weighted by molar-refractivity contribution is 6.11. The van der Waals surface area contributed by atoms with Gasteiger partial charge in [0.1, 0.15) is 0 Å². The molecule has 1 aromatic heterocycles. The van der Waals surface area contributed by atoms with Gasteiger partial charge in [0.25, 0.3) is 0 Å². The molecular weight excluding hydrogens is 408 g/mol. The molecule has 0 spiro atoms. The topological polar surface area (TPSA) is 70.5 Å². The first-order valence-electron chi connectivity index (χ1n) is 10.6. The third-order valence-corrected chi connectivity index (χ3v) is 5.24. The third kappa shape index (κ3) is 4.38. The second kappa shape index (κ2) is 9.24. The second-order valence-corrected chi connectivity index (χ2v) is 7.43. The molecule has 1 N–H and O–H groups in total. The van der Waals surface area contributed by atoms with E-state index in [-0.39, 0.29) is 5.78 Å². The Kier molecular flexibility index (Phi) is 5.68. The molecule has 0 unspecified atom stereocenters. The van der Waals surface area contributed by atoms with E-state index in [1.165, 1.54) is 0 Å². The summed E-state index contributed by atoms with van der Waals surface area (Å²) in [5.74, 6) is 0.272. The lowest BCUT2D eigenvalue weighted by molar-refractivity contribution is 0.103. The molecule has 5 heteroatoms. The first-order chi connectivity index (χ1) is 16.3. The van der Waals surface area contributed by atoms with E-state index in [0.717, 1.165) is 22.5 Å². The number of rotatable bonds is 6. The molecular formula is C28H20N4O. The van der Waals surface area contributed by atoms with Crippen molar-refractivity contribution in [3.8, 4) is 22.5 Å². The molecule has 5 rings (SSSR count). The molecule has 0 aliphatic carbocycles. The Hall–Kier alpha value is -4.64. The molecule has 0 aliphatic rings. The van der Waals surface area contributed by atoms with Gasteiger partial charge in [0.15, 0.2) is 5.78 Å². The Labute approximate surface area is 191 Å². The van der Waals surface area contributed by atoms with E-state index in [0.29, 0.717) is 22.8 Å². The molecule has 33 heavy (non-hydrogen) atoms. The van der Waals surface area contributed by atoms with Crippen molar-refractivity contribution < 1.29 is 4.79 Å². The van der Waals surface area contributed by atoms with Crippen LogP contribution >= 0.6 is 0 Å². The van der Waals surface area contributed by atoms with E-state index in [4.69, 9.17) is 4.98 Å². The van der Waals surface area contributed by atoms with Crippen LogP contribution in [0.1, 0.15) is 15.9 Å². The molecule has 158 valence electrons. The molecule has 0 saturated heterocycles. The number of aromatic nitrogens is 2. The quantitative estimate of drug-likeness (QED) is 0.226. The Balaban J connectivity index is 1.53. The largest absolute Gasteiger partial charge is 0.320 e. The number of H-pyrrole nitrogens is 1. The first-order valence-corrected chi connectivity index (χ1v) is 10.6. The highest BCUT2D eigenvalue weighted by Gasteiger charge is 2.15. The molecule has 0 radical (unpaired) electrons. The maximum Gasteiger partial charge on any atom is 0.247 e. The Bertz CT molecular complexity index is 1350. The lowest BCUT2D eigenvalue weighted by Gasteiger charge is -2.03. The zero-order valence-corrected chi connectivity index (χ0v) is 17.7. The summed E-state index contributed by atoms with van der Waals surface area (Å²) in [6.07, 6.45) is 0. The zero-order chi connectivity index (χ0) is 22.5. The van der Waals surface area contributed by atoms with Crippen LogP contribution in [-0.2, 0) is 0 Å². The van der Waals surface area contributed by atoms with Crippen LogP contribution in [0.15, 0.2) is 125 Å². The van der Waals surface area contributed by atoms with Crippen LogP contribution in [0.4, 0.5) is 11.6 Å². The number of imidazole rings is 1. The predicted molar refractivity (Wildman–Crippen MR) is 130 cm³/mol. The van der Waals surface area contributed by atoms with Crippen molar-refractivity contribution in [2.45, 2.75) is 0 Å². The summed E-state index contributed by atoms with van der Waals surface area (Å²) in [6.45, 7) is 0. The first kappa shape index (κ1) is 20.3. The summed E-state index contributed by atoms with van der Waals surface area (Å²) >= 11 is 0. The predicted octanol–water partition coefficient (Wildman–Crippen LogP) is 7.39. The Morgan fingerprint density at radius 2 is 1.21 bits per heavy atom. The van der Waals surface area contributed by atoms with Crippen molar-refractivity contribution in [3.63, 3.8) is 0 Å². The number of hydrogen-bond acceptors (Lipinski definition) is 4. The van der Waals surface area contributed by atoms with Gasteiger partial charge in [-0.25, -0.2) is 4.98 Å². The molecule has 0 amide bonds. The van der Waals surface area contributed by atoms with E-state index >= 15 is 0 Å². The van der Waals surface area contributed by atoms with E-state index in [1.54, 1.807) is 24.3 Å². The number of carbonyl (C=O) groups excluding carboxylic acids is 1. The maximum atomic E-state index is 13.0. The van der Waals surface area contributed by atoms with Gasteiger partial charge in [-0.1, -0.05) is 103 Å². The van der Waals surface area contributed by atoms with Gasteiger partial charge in [-0.15, -0.1) is 10.2 Å². The Morgan fingerprint density at radius 1 is 0.636 bits per heavy atom. The van der Waals surface area contributed by atoms with Crippen molar-refractivity contribution in [1.82, 2.24) is 9.97 Å². The minimum atomic E-state index is -0.0976. The van der Waals surface area contributed by atoms with Crippen molar-refractivity contribution >= 4 is 17.4 Å². The summed E-state index contributed by atoms with van der Waals surface area (Å²) < 4.78 is 0. The average Bonchev–Trinajstić information content (AvgIpc) is 3.33. The SMILES string of the molecule is O=C(c1ccccc1)c1ccccc1N=Nc1nc(-c2ccccc2)c(-c2ccccc2)[nH]1. The molecule has 0 fully saturated rings. The number of nitrogens with zero attached hydrogens (tertiary/aromatic N) is 3. The molecule has 5 aromatic rings. The van der Waals surface area contributed by atoms with Crippen LogP contribution in [0.25, 0.3) is 22.5 Å². The van der Waals surface area contributed by atoms with Crippen molar-refractivity contribution in [2.24, 2.45) is 10.2 Å². The average molecular weight is 428 g/mol.